The minimum absolute atomic E-state index is 0.175. The van der Waals surface area contributed by atoms with Crippen LogP contribution in [0.25, 0.3) is 0 Å². The maximum Gasteiger partial charge on any atom is 0.126 e. The lowest BCUT2D eigenvalue weighted by atomic mass is 9.86. The molecule has 1 aromatic carbocycles. The molecule has 1 N–H and O–H groups in total. The molecule has 0 heterocycles. The zero-order valence-electron chi connectivity index (χ0n) is 10.9. The summed E-state index contributed by atoms with van der Waals surface area (Å²) in [6, 6.07) is 5.00. The average molecular weight is 258 g/mol. The summed E-state index contributed by atoms with van der Waals surface area (Å²) in [6.07, 6.45) is 0.669. The van der Waals surface area contributed by atoms with Crippen LogP contribution >= 0.6 is 11.6 Å². The predicted molar refractivity (Wildman–Crippen MR) is 72.0 cm³/mol. The molecule has 1 aromatic rings. The maximum absolute atomic E-state index is 13.6. The van der Waals surface area contributed by atoms with Gasteiger partial charge in [-0.15, -0.1) is 0 Å². The zero-order chi connectivity index (χ0) is 13.0. The fourth-order valence-electron chi connectivity index (χ4n) is 1.95. The Morgan fingerprint density at radius 2 is 1.94 bits per heavy atom. The van der Waals surface area contributed by atoms with E-state index >= 15 is 0 Å². The Balaban J connectivity index is 2.83. The average Bonchev–Trinajstić information content (AvgIpc) is 2.29. The van der Waals surface area contributed by atoms with E-state index in [2.05, 4.69) is 26.1 Å². The zero-order valence-corrected chi connectivity index (χ0v) is 11.7. The van der Waals surface area contributed by atoms with E-state index in [0.717, 1.165) is 0 Å². The minimum atomic E-state index is -0.175. The molecule has 0 aliphatic heterocycles. The largest absolute Gasteiger partial charge is 0.316 e. The number of hydrogen-bond acceptors (Lipinski definition) is 1. The molecule has 0 aliphatic rings. The van der Waals surface area contributed by atoms with Crippen LogP contribution in [0.1, 0.15) is 26.3 Å². The normalized spacial score (nSPS) is 15.0. The van der Waals surface area contributed by atoms with Crippen LogP contribution in [0.15, 0.2) is 18.2 Å². The molecule has 0 saturated carbocycles. The second-order valence-electron chi connectivity index (χ2n) is 4.94. The monoisotopic (exact) mass is 257 g/mol. The topological polar surface area (TPSA) is 12.0 Å². The van der Waals surface area contributed by atoms with Crippen LogP contribution in [-0.2, 0) is 6.42 Å². The van der Waals surface area contributed by atoms with Crippen LogP contribution < -0.4 is 5.32 Å². The van der Waals surface area contributed by atoms with Crippen molar-refractivity contribution in [2.75, 3.05) is 7.05 Å². The van der Waals surface area contributed by atoms with Crippen LogP contribution in [-0.4, -0.2) is 13.1 Å². The lowest BCUT2D eigenvalue weighted by molar-refractivity contribution is 0.308. The standard InChI is InChI=1S/C14H21ClFN/c1-9(2)10(3)14(17-4)8-11-7-12(15)5-6-13(11)16/h5-7,9-10,14,17H,8H2,1-4H3. The third-order valence-electron chi connectivity index (χ3n) is 3.50. The van der Waals surface area contributed by atoms with Gasteiger partial charge in [0.15, 0.2) is 0 Å². The minimum Gasteiger partial charge on any atom is -0.316 e. The maximum atomic E-state index is 13.6. The quantitative estimate of drug-likeness (QED) is 0.844. The van der Waals surface area contributed by atoms with Crippen molar-refractivity contribution in [3.05, 3.63) is 34.6 Å². The van der Waals surface area contributed by atoms with Gasteiger partial charge in [-0.1, -0.05) is 32.4 Å². The van der Waals surface area contributed by atoms with Gasteiger partial charge in [0.25, 0.3) is 0 Å². The molecule has 3 heteroatoms. The highest BCUT2D eigenvalue weighted by molar-refractivity contribution is 6.30. The van der Waals surface area contributed by atoms with Crippen LogP contribution in [0, 0.1) is 17.7 Å². The van der Waals surface area contributed by atoms with Gasteiger partial charge in [0.2, 0.25) is 0 Å². The number of halogens is 2. The van der Waals surface area contributed by atoms with Crippen molar-refractivity contribution in [3.63, 3.8) is 0 Å². The van der Waals surface area contributed by atoms with E-state index in [1.165, 1.54) is 6.07 Å². The van der Waals surface area contributed by atoms with Crippen molar-refractivity contribution in [2.45, 2.75) is 33.2 Å². The highest BCUT2D eigenvalue weighted by Crippen LogP contribution is 2.21. The second-order valence-corrected chi connectivity index (χ2v) is 5.37. The second kappa shape index (κ2) is 6.36. The smallest absolute Gasteiger partial charge is 0.126 e. The molecule has 0 bridgehead atoms. The van der Waals surface area contributed by atoms with Crippen molar-refractivity contribution in [3.8, 4) is 0 Å². The fourth-order valence-corrected chi connectivity index (χ4v) is 2.15. The molecular formula is C14H21ClFN. The Bertz CT molecular complexity index is 365. The number of nitrogens with one attached hydrogen (secondary N) is 1. The SMILES string of the molecule is CNC(Cc1cc(Cl)ccc1F)C(C)C(C)C. The number of likely N-dealkylation sites (N-methyl/N-ethyl adjacent to an activating group) is 1. The van der Waals surface area contributed by atoms with E-state index in [1.807, 2.05) is 7.05 Å². The number of rotatable bonds is 5. The first kappa shape index (κ1) is 14.5. The van der Waals surface area contributed by atoms with E-state index in [0.29, 0.717) is 28.8 Å². The Labute approximate surface area is 108 Å². The predicted octanol–water partition coefficient (Wildman–Crippen LogP) is 3.90. The van der Waals surface area contributed by atoms with E-state index in [-0.39, 0.29) is 11.9 Å². The Kier molecular flexibility index (Phi) is 5.41. The van der Waals surface area contributed by atoms with Gasteiger partial charge < -0.3 is 5.32 Å². The third-order valence-corrected chi connectivity index (χ3v) is 3.74. The summed E-state index contributed by atoms with van der Waals surface area (Å²) in [5.74, 6) is 0.874. The van der Waals surface area contributed by atoms with E-state index in [9.17, 15) is 4.39 Å². The van der Waals surface area contributed by atoms with Gasteiger partial charge in [-0.05, 0) is 49.1 Å². The lowest BCUT2D eigenvalue weighted by Gasteiger charge is -2.27. The van der Waals surface area contributed by atoms with Gasteiger partial charge in [0, 0.05) is 11.1 Å². The first-order valence-electron chi connectivity index (χ1n) is 6.07. The van der Waals surface area contributed by atoms with Crippen molar-refractivity contribution < 1.29 is 4.39 Å². The molecule has 0 amide bonds. The summed E-state index contributed by atoms with van der Waals surface area (Å²) in [6.45, 7) is 6.56. The highest BCUT2D eigenvalue weighted by atomic mass is 35.5. The molecule has 0 aliphatic carbocycles. The molecule has 17 heavy (non-hydrogen) atoms. The Morgan fingerprint density at radius 1 is 1.29 bits per heavy atom. The first-order valence-corrected chi connectivity index (χ1v) is 6.44. The van der Waals surface area contributed by atoms with Crippen LogP contribution in [0.4, 0.5) is 4.39 Å². The van der Waals surface area contributed by atoms with Gasteiger partial charge in [0.1, 0.15) is 5.82 Å². The summed E-state index contributed by atoms with van der Waals surface area (Å²) in [5, 5.41) is 3.86. The molecular weight excluding hydrogens is 237 g/mol. The van der Waals surface area contributed by atoms with Crippen molar-refractivity contribution in [1.82, 2.24) is 5.32 Å². The number of hydrogen-bond donors (Lipinski definition) is 1. The van der Waals surface area contributed by atoms with E-state index in [1.54, 1.807) is 12.1 Å². The molecule has 0 radical (unpaired) electrons. The lowest BCUT2D eigenvalue weighted by Crippen LogP contribution is -2.36. The summed E-state index contributed by atoms with van der Waals surface area (Å²) >= 11 is 5.90. The van der Waals surface area contributed by atoms with E-state index < -0.39 is 0 Å². The van der Waals surface area contributed by atoms with E-state index in [4.69, 9.17) is 11.6 Å². The fraction of sp³-hybridized carbons (Fsp3) is 0.571. The summed E-state index contributed by atoms with van der Waals surface area (Å²) in [5.41, 5.74) is 0.685. The van der Waals surface area contributed by atoms with Crippen LogP contribution in [0.3, 0.4) is 0 Å². The first-order chi connectivity index (χ1) is 7.95. The summed E-state index contributed by atoms with van der Waals surface area (Å²) in [4.78, 5) is 0. The molecule has 0 saturated heterocycles. The van der Waals surface area contributed by atoms with Gasteiger partial charge in [0.05, 0.1) is 0 Å². The molecule has 1 nitrogen and oxygen atoms in total. The van der Waals surface area contributed by atoms with Crippen molar-refractivity contribution in [2.24, 2.45) is 11.8 Å². The Hall–Kier alpha value is -0.600. The van der Waals surface area contributed by atoms with Gasteiger partial charge >= 0.3 is 0 Å². The molecule has 0 spiro atoms. The highest BCUT2D eigenvalue weighted by Gasteiger charge is 2.20. The van der Waals surface area contributed by atoms with Crippen molar-refractivity contribution in [1.29, 1.82) is 0 Å². The molecule has 0 fully saturated rings. The summed E-state index contributed by atoms with van der Waals surface area (Å²) in [7, 11) is 1.92. The van der Waals surface area contributed by atoms with Crippen molar-refractivity contribution >= 4 is 11.6 Å². The van der Waals surface area contributed by atoms with Gasteiger partial charge in [-0.25, -0.2) is 4.39 Å². The van der Waals surface area contributed by atoms with Gasteiger partial charge in [-0.3, -0.25) is 0 Å². The molecule has 1 rings (SSSR count). The van der Waals surface area contributed by atoms with Crippen LogP contribution in [0.2, 0.25) is 5.02 Å². The van der Waals surface area contributed by atoms with Crippen LogP contribution in [0.5, 0.6) is 0 Å². The molecule has 96 valence electrons. The summed E-state index contributed by atoms with van der Waals surface area (Å²) < 4.78 is 13.6. The number of benzene rings is 1. The van der Waals surface area contributed by atoms with Gasteiger partial charge in [-0.2, -0.15) is 0 Å². The molecule has 2 atom stereocenters. The Morgan fingerprint density at radius 3 is 2.47 bits per heavy atom. The third kappa shape index (κ3) is 3.97. The molecule has 2 unspecified atom stereocenters. The molecule has 0 aromatic heterocycles.